The van der Waals surface area contributed by atoms with Gasteiger partial charge in [0.1, 0.15) is 0 Å². The maximum atomic E-state index is 11.6. The van der Waals surface area contributed by atoms with E-state index in [4.69, 9.17) is 11.5 Å². The lowest BCUT2D eigenvalue weighted by molar-refractivity contribution is -0.118. The van der Waals surface area contributed by atoms with Crippen LogP contribution in [0.1, 0.15) is 43.9 Å². The van der Waals surface area contributed by atoms with E-state index in [1.54, 1.807) is 4.90 Å². The zero-order valence-electron chi connectivity index (χ0n) is 11.9. The van der Waals surface area contributed by atoms with Crippen LogP contribution in [0, 0.1) is 0 Å². The molecule has 0 bridgehead atoms. The summed E-state index contributed by atoms with van der Waals surface area (Å²) in [5.41, 5.74) is 15.3. The van der Waals surface area contributed by atoms with Crippen LogP contribution in [-0.2, 0) is 11.2 Å². The number of hydrogen-bond acceptors (Lipinski definition) is 3. The summed E-state index contributed by atoms with van der Waals surface area (Å²) in [5, 5.41) is 0. The normalized spacial score (nSPS) is 17.3. The molecule has 1 aliphatic heterocycles. The number of nitrogens with zero attached hydrogens (tertiary/aromatic N) is 1. The molecule has 0 saturated heterocycles. The third-order valence-electron chi connectivity index (χ3n) is 3.62. The summed E-state index contributed by atoms with van der Waals surface area (Å²) in [5.74, 6) is 0.174. The van der Waals surface area contributed by atoms with Gasteiger partial charge in [-0.25, -0.2) is 0 Å². The van der Waals surface area contributed by atoms with Gasteiger partial charge in [-0.15, -0.1) is 0 Å². The number of nitrogens with two attached hydrogens (primary N) is 2. The molecule has 1 aromatic rings. The summed E-state index contributed by atoms with van der Waals surface area (Å²) in [4.78, 5) is 13.4. The van der Waals surface area contributed by atoms with Crippen LogP contribution in [0.2, 0.25) is 0 Å². The first-order chi connectivity index (χ1) is 8.78. The van der Waals surface area contributed by atoms with Crippen molar-refractivity contribution in [1.82, 2.24) is 0 Å². The molecule has 1 unspecified atom stereocenters. The summed E-state index contributed by atoms with van der Waals surface area (Å²) in [6.45, 7) is 3.97. The molecule has 0 radical (unpaired) electrons. The molecule has 1 amide bonds. The van der Waals surface area contributed by atoms with Crippen LogP contribution >= 0.6 is 0 Å². The first-order valence-corrected chi connectivity index (χ1v) is 6.72. The highest BCUT2D eigenvalue weighted by Crippen LogP contribution is 2.30. The van der Waals surface area contributed by atoms with Crippen molar-refractivity contribution in [2.75, 3.05) is 11.9 Å². The summed E-state index contributed by atoms with van der Waals surface area (Å²) < 4.78 is 0. The van der Waals surface area contributed by atoms with Gasteiger partial charge in [0.05, 0.1) is 0 Å². The molecule has 2 rings (SSSR count). The van der Waals surface area contributed by atoms with E-state index in [9.17, 15) is 4.79 Å². The molecule has 1 atom stereocenters. The first kappa shape index (κ1) is 14.0. The van der Waals surface area contributed by atoms with Gasteiger partial charge in [0.2, 0.25) is 5.91 Å². The minimum Gasteiger partial charge on any atom is -0.325 e. The third kappa shape index (κ3) is 3.14. The van der Waals surface area contributed by atoms with E-state index in [0.29, 0.717) is 6.42 Å². The third-order valence-corrected chi connectivity index (χ3v) is 3.62. The van der Waals surface area contributed by atoms with Crippen LogP contribution in [0.5, 0.6) is 0 Å². The van der Waals surface area contributed by atoms with Gasteiger partial charge in [-0.05, 0) is 43.9 Å². The van der Waals surface area contributed by atoms with Gasteiger partial charge in [0.25, 0.3) is 0 Å². The van der Waals surface area contributed by atoms with Crippen molar-refractivity contribution in [3.8, 4) is 0 Å². The summed E-state index contributed by atoms with van der Waals surface area (Å²) in [6.07, 6.45) is 2.11. The summed E-state index contributed by atoms with van der Waals surface area (Å²) in [7, 11) is 1.82. The Kier molecular flexibility index (Phi) is 3.65. The molecule has 1 aliphatic rings. The Bertz CT molecular complexity index is 491. The molecule has 0 spiro atoms. The topological polar surface area (TPSA) is 72.3 Å². The number of benzene rings is 1. The number of carbonyl (C=O) groups is 1. The number of fused-ring (bicyclic) bond motifs is 1. The second-order valence-electron chi connectivity index (χ2n) is 6.14. The fourth-order valence-electron chi connectivity index (χ4n) is 2.59. The van der Waals surface area contributed by atoms with Crippen molar-refractivity contribution in [2.45, 2.75) is 44.7 Å². The summed E-state index contributed by atoms with van der Waals surface area (Å²) in [6, 6.07) is 6.05. The van der Waals surface area contributed by atoms with E-state index in [-0.39, 0.29) is 17.5 Å². The van der Waals surface area contributed by atoms with Crippen molar-refractivity contribution in [2.24, 2.45) is 11.5 Å². The monoisotopic (exact) mass is 261 g/mol. The van der Waals surface area contributed by atoms with Crippen LogP contribution < -0.4 is 16.4 Å². The number of anilines is 1. The van der Waals surface area contributed by atoms with Crippen molar-refractivity contribution in [1.29, 1.82) is 0 Å². The SMILES string of the molecule is CN1C(=O)CCc2cc(C(N)CC(C)(C)N)ccc21. The highest BCUT2D eigenvalue weighted by Gasteiger charge is 2.23. The fraction of sp³-hybridized carbons (Fsp3) is 0.533. The number of hydrogen-bond donors (Lipinski definition) is 2. The molecule has 4 N–H and O–H groups in total. The van der Waals surface area contributed by atoms with Crippen LogP contribution in [0.3, 0.4) is 0 Å². The van der Waals surface area contributed by atoms with Gasteiger partial charge >= 0.3 is 0 Å². The molecule has 0 saturated carbocycles. The smallest absolute Gasteiger partial charge is 0.227 e. The van der Waals surface area contributed by atoms with Crippen molar-refractivity contribution >= 4 is 11.6 Å². The molecule has 0 aliphatic carbocycles. The summed E-state index contributed by atoms with van der Waals surface area (Å²) >= 11 is 0. The van der Waals surface area contributed by atoms with E-state index in [0.717, 1.165) is 24.1 Å². The van der Waals surface area contributed by atoms with Crippen molar-refractivity contribution < 1.29 is 4.79 Å². The van der Waals surface area contributed by atoms with E-state index in [1.165, 1.54) is 5.56 Å². The number of carbonyl (C=O) groups excluding carboxylic acids is 1. The second kappa shape index (κ2) is 4.94. The number of amides is 1. The lowest BCUT2D eigenvalue weighted by Gasteiger charge is -2.28. The van der Waals surface area contributed by atoms with Crippen LogP contribution in [0.4, 0.5) is 5.69 Å². The maximum absolute atomic E-state index is 11.6. The molecule has 1 aromatic carbocycles. The van der Waals surface area contributed by atoms with Gasteiger partial charge in [-0.1, -0.05) is 12.1 Å². The molecular weight excluding hydrogens is 238 g/mol. The lowest BCUT2D eigenvalue weighted by Crippen LogP contribution is -2.36. The zero-order valence-corrected chi connectivity index (χ0v) is 11.9. The first-order valence-electron chi connectivity index (χ1n) is 6.72. The predicted octanol–water partition coefficient (Wildman–Crippen LogP) is 1.72. The van der Waals surface area contributed by atoms with E-state index in [2.05, 4.69) is 6.07 Å². The average molecular weight is 261 g/mol. The predicted molar refractivity (Wildman–Crippen MR) is 78.0 cm³/mol. The van der Waals surface area contributed by atoms with Gasteiger partial charge in [0.15, 0.2) is 0 Å². The van der Waals surface area contributed by atoms with E-state index in [1.807, 2.05) is 33.0 Å². The standard InChI is InChI=1S/C15H23N3O/c1-15(2,17)9-12(16)10-4-6-13-11(8-10)5-7-14(19)18(13)3/h4,6,8,12H,5,7,9,16-17H2,1-3H3. The van der Waals surface area contributed by atoms with E-state index >= 15 is 0 Å². The highest BCUT2D eigenvalue weighted by atomic mass is 16.2. The van der Waals surface area contributed by atoms with Crippen LogP contribution in [0.25, 0.3) is 0 Å². The zero-order chi connectivity index (χ0) is 14.2. The Morgan fingerprint density at radius 2 is 2.05 bits per heavy atom. The number of rotatable bonds is 3. The fourth-order valence-corrected chi connectivity index (χ4v) is 2.59. The van der Waals surface area contributed by atoms with Crippen LogP contribution in [0.15, 0.2) is 18.2 Å². The van der Waals surface area contributed by atoms with Gasteiger partial charge in [0, 0.05) is 30.7 Å². The molecular formula is C15H23N3O. The largest absolute Gasteiger partial charge is 0.325 e. The Hall–Kier alpha value is -1.39. The molecule has 19 heavy (non-hydrogen) atoms. The van der Waals surface area contributed by atoms with Crippen LogP contribution in [-0.4, -0.2) is 18.5 Å². The average Bonchev–Trinajstić information content (AvgIpc) is 2.31. The van der Waals surface area contributed by atoms with Gasteiger partial charge in [-0.3, -0.25) is 4.79 Å². The van der Waals surface area contributed by atoms with E-state index < -0.39 is 0 Å². The van der Waals surface area contributed by atoms with Gasteiger partial charge in [-0.2, -0.15) is 0 Å². The second-order valence-corrected chi connectivity index (χ2v) is 6.14. The van der Waals surface area contributed by atoms with Gasteiger partial charge < -0.3 is 16.4 Å². The quantitative estimate of drug-likeness (QED) is 0.870. The molecule has 4 heteroatoms. The molecule has 0 fully saturated rings. The minimum atomic E-state index is -0.276. The van der Waals surface area contributed by atoms with Crippen molar-refractivity contribution in [3.05, 3.63) is 29.3 Å². The number of aryl methyl sites for hydroxylation is 1. The lowest BCUT2D eigenvalue weighted by atomic mass is 9.90. The Balaban J connectivity index is 2.24. The Morgan fingerprint density at radius 1 is 1.37 bits per heavy atom. The molecule has 4 nitrogen and oxygen atoms in total. The molecule has 104 valence electrons. The maximum Gasteiger partial charge on any atom is 0.227 e. The highest BCUT2D eigenvalue weighted by molar-refractivity contribution is 5.95. The Morgan fingerprint density at radius 3 is 2.68 bits per heavy atom. The molecule has 0 aromatic heterocycles. The minimum absolute atomic E-state index is 0.0618. The van der Waals surface area contributed by atoms with Crippen molar-refractivity contribution in [3.63, 3.8) is 0 Å². The molecule has 1 heterocycles. The Labute approximate surface area is 114 Å².